The van der Waals surface area contributed by atoms with Crippen LogP contribution < -0.4 is 14.8 Å². The number of methoxy groups -OCH3 is 1. The molecule has 0 aliphatic heterocycles. The zero-order valence-electron chi connectivity index (χ0n) is 16.3. The summed E-state index contributed by atoms with van der Waals surface area (Å²) < 4.78 is 10.5. The van der Waals surface area contributed by atoms with Gasteiger partial charge in [-0.2, -0.15) is 5.26 Å². The third-order valence-electron chi connectivity index (χ3n) is 3.60. The Hall–Kier alpha value is -3.44. The quantitative estimate of drug-likeness (QED) is 0.546. The van der Waals surface area contributed by atoms with E-state index >= 15 is 0 Å². The molecule has 0 aromatic heterocycles. The summed E-state index contributed by atoms with van der Waals surface area (Å²) in [6, 6.07) is 14.1. The maximum Gasteiger partial charge on any atom is 0.285 e. The second-order valence-electron chi connectivity index (χ2n) is 5.97. The van der Waals surface area contributed by atoms with Crippen LogP contribution in [0.2, 0.25) is 0 Å². The molecule has 8 heteroatoms. The predicted molar refractivity (Wildman–Crippen MR) is 113 cm³/mol. The van der Waals surface area contributed by atoms with Crippen LogP contribution in [0.4, 0.5) is 10.5 Å². The maximum absolute atomic E-state index is 12.1. The molecule has 0 unspecified atom stereocenters. The van der Waals surface area contributed by atoms with Crippen LogP contribution in [0.15, 0.2) is 53.4 Å². The average molecular weight is 411 g/mol. The van der Waals surface area contributed by atoms with Crippen molar-refractivity contribution in [3.05, 3.63) is 54.1 Å². The normalized spacial score (nSPS) is 10.3. The van der Waals surface area contributed by atoms with Gasteiger partial charge in [-0.25, -0.2) is 0 Å². The molecule has 2 amide bonds. The molecule has 2 aromatic carbocycles. The average Bonchev–Trinajstić information content (AvgIpc) is 2.72. The van der Waals surface area contributed by atoms with E-state index < -0.39 is 0 Å². The minimum Gasteiger partial charge on any atom is -0.493 e. The molecule has 0 saturated heterocycles. The molecule has 0 heterocycles. The van der Waals surface area contributed by atoms with Crippen LogP contribution in [0.3, 0.4) is 0 Å². The lowest BCUT2D eigenvalue weighted by Crippen LogP contribution is -2.16. The molecule has 29 heavy (non-hydrogen) atoms. The number of anilines is 1. The molecule has 0 radical (unpaired) electrons. The Kier molecular flexibility index (Phi) is 8.12. The number of ether oxygens (including phenoxy) is 2. The van der Waals surface area contributed by atoms with Crippen LogP contribution in [0.1, 0.15) is 5.56 Å². The summed E-state index contributed by atoms with van der Waals surface area (Å²) in [5, 5.41) is 11.3. The van der Waals surface area contributed by atoms with E-state index in [4.69, 9.17) is 14.7 Å². The summed E-state index contributed by atoms with van der Waals surface area (Å²) in [5.74, 6) is 0.642. The fourth-order valence-electron chi connectivity index (χ4n) is 2.17. The minimum atomic E-state index is -0.293. The topological polar surface area (TPSA) is 91.7 Å². The number of hydrogen-bond donors (Lipinski definition) is 1. The molecule has 150 valence electrons. The van der Waals surface area contributed by atoms with Gasteiger partial charge in [-0.1, -0.05) is 6.07 Å². The van der Waals surface area contributed by atoms with Gasteiger partial charge in [-0.3, -0.25) is 9.59 Å². The second-order valence-corrected chi connectivity index (χ2v) is 6.99. The van der Waals surface area contributed by atoms with E-state index in [1.54, 1.807) is 62.6 Å². The number of rotatable bonds is 7. The molecule has 0 aliphatic rings. The van der Waals surface area contributed by atoms with Crippen LogP contribution in [0.25, 0.3) is 6.08 Å². The third kappa shape index (κ3) is 6.90. The van der Waals surface area contributed by atoms with Crippen molar-refractivity contribution in [1.29, 1.82) is 5.26 Å². The van der Waals surface area contributed by atoms with Crippen molar-refractivity contribution in [3.63, 3.8) is 0 Å². The molecular weight excluding hydrogens is 390 g/mol. The minimum absolute atomic E-state index is 0.0656. The highest BCUT2D eigenvalue weighted by atomic mass is 32.2. The highest BCUT2D eigenvalue weighted by Crippen LogP contribution is 2.28. The van der Waals surface area contributed by atoms with Gasteiger partial charge >= 0.3 is 0 Å². The van der Waals surface area contributed by atoms with Gasteiger partial charge in [0.15, 0.2) is 18.1 Å². The van der Waals surface area contributed by atoms with E-state index in [9.17, 15) is 9.59 Å². The van der Waals surface area contributed by atoms with E-state index in [-0.39, 0.29) is 17.8 Å². The van der Waals surface area contributed by atoms with Crippen molar-refractivity contribution >= 4 is 34.7 Å². The molecule has 0 spiro atoms. The third-order valence-corrected chi connectivity index (χ3v) is 4.65. The molecule has 1 N–H and O–H groups in total. The second kappa shape index (κ2) is 10.8. The lowest BCUT2D eigenvalue weighted by molar-refractivity contribution is -0.111. The van der Waals surface area contributed by atoms with E-state index in [1.165, 1.54) is 18.1 Å². The lowest BCUT2D eigenvalue weighted by atomic mass is 10.2. The Bertz CT molecular complexity index is 934. The molecule has 0 saturated carbocycles. The first kappa shape index (κ1) is 21.9. The van der Waals surface area contributed by atoms with Crippen LogP contribution in [-0.4, -0.2) is 43.9 Å². The van der Waals surface area contributed by atoms with Crippen molar-refractivity contribution in [1.82, 2.24) is 4.90 Å². The van der Waals surface area contributed by atoms with Crippen LogP contribution >= 0.6 is 11.8 Å². The van der Waals surface area contributed by atoms with Gasteiger partial charge in [0.2, 0.25) is 5.91 Å². The molecule has 0 bridgehead atoms. The molecule has 2 rings (SSSR count). The Morgan fingerprint density at radius 3 is 2.52 bits per heavy atom. The standard InChI is InChI=1S/C21H21N3O4S/c1-24(2)21(26)29-17-8-6-16(7-9-17)23-20(25)11-5-15-4-10-18(28-13-12-22)19(14-15)27-3/h4-11,14H,13H2,1-3H3,(H,23,25)/b11-5+. The highest BCUT2D eigenvalue weighted by molar-refractivity contribution is 8.13. The SMILES string of the molecule is COc1cc(/C=C/C(=O)Nc2ccc(SC(=O)N(C)C)cc2)ccc1OCC#N. The fraction of sp³-hybridized carbons (Fsp3) is 0.190. The number of benzene rings is 2. The summed E-state index contributed by atoms with van der Waals surface area (Å²) >= 11 is 1.12. The van der Waals surface area contributed by atoms with E-state index in [0.29, 0.717) is 17.2 Å². The highest BCUT2D eigenvalue weighted by Gasteiger charge is 2.07. The summed E-state index contributed by atoms with van der Waals surface area (Å²) in [6.07, 6.45) is 3.05. The first-order chi connectivity index (χ1) is 13.9. The van der Waals surface area contributed by atoms with Crippen molar-refractivity contribution < 1.29 is 19.1 Å². The van der Waals surface area contributed by atoms with Gasteiger partial charge in [0.25, 0.3) is 5.24 Å². The molecule has 0 fully saturated rings. The van der Waals surface area contributed by atoms with Crippen molar-refractivity contribution in [2.45, 2.75) is 4.90 Å². The van der Waals surface area contributed by atoms with Gasteiger partial charge in [-0.05, 0) is 59.8 Å². The number of nitrogens with zero attached hydrogens (tertiary/aromatic N) is 2. The lowest BCUT2D eigenvalue weighted by Gasteiger charge is -2.09. The Labute approximate surface area is 173 Å². The van der Waals surface area contributed by atoms with Crippen molar-refractivity contribution in [2.24, 2.45) is 0 Å². The summed E-state index contributed by atoms with van der Waals surface area (Å²) in [7, 11) is 4.89. The molecular formula is C21H21N3O4S. The Morgan fingerprint density at radius 1 is 1.17 bits per heavy atom. The van der Waals surface area contributed by atoms with Crippen LogP contribution in [-0.2, 0) is 4.79 Å². The zero-order chi connectivity index (χ0) is 21.2. The monoisotopic (exact) mass is 411 g/mol. The van der Waals surface area contributed by atoms with Gasteiger partial charge in [0.05, 0.1) is 7.11 Å². The van der Waals surface area contributed by atoms with Crippen molar-refractivity contribution in [2.75, 3.05) is 33.1 Å². The molecule has 0 atom stereocenters. The fourth-order valence-corrected chi connectivity index (χ4v) is 2.83. The van der Waals surface area contributed by atoms with E-state index in [0.717, 1.165) is 22.2 Å². The number of carbonyl (C=O) groups excluding carboxylic acids is 2. The zero-order valence-corrected chi connectivity index (χ0v) is 17.2. The summed E-state index contributed by atoms with van der Waals surface area (Å²) in [4.78, 5) is 26.1. The number of thioether (sulfide) groups is 1. The van der Waals surface area contributed by atoms with Crippen LogP contribution in [0.5, 0.6) is 11.5 Å². The van der Waals surface area contributed by atoms with Crippen molar-refractivity contribution in [3.8, 4) is 17.6 Å². The molecule has 2 aromatic rings. The van der Waals surface area contributed by atoms with Gasteiger partial charge in [-0.15, -0.1) is 0 Å². The van der Waals surface area contributed by atoms with E-state index in [2.05, 4.69) is 5.32 Å². The number of hydrogen-bond acceptors (Lipinski definition) is 6. The predicted octanol–water partition coefficient (Wildman–Crippen LogP) is 4.02. The first-order valence-corrected chi connectivity index (χ1v) is 9.40. The number of nitrogens with one attached hydrogen (secondary N) is 1. The number of carbonyl (C=O) groups is 2. The van der Waals surface area contributed by atoms with Gasteiger partial charge in [0, 0.05) is 30.8 Å². The Morgan fingerprint density at radius 2 is 1.90 bits per heavy atom. The maximum atomic E-state index is 12.1. The number of nitriles is 1. The molecule has 0 aliphatic carbocycles. The van der Waals surface area contributed by atoms with Gasteiger partial charge < -0.3 is 19.7 Å². The van der Waals surface area contributed by atoms with Gasteiger partial charge in [0.1, 0.15) is 6.07 Å². The first-order valence-electron chi connectivity index (χ1n) is 8.59. The summed E-state index contributed by atoms with van der Waals surface area (Å²) in [5.41, 5.74) is 1.37. The van der Waals surface area contributed by atoms with E-state index in [1.807, 2.05) is 6.07 Å². The smallest absolute Gasteiger partial charge is 0.285 e. The van der Waals surface area contributed by atoms with Crippen LogP contribution in [0, 0.1) is 11.3 Å². The number of amides is 2. The largest absolute Gasteiger partial charge is 0.493 e. The summed E-state index contributed by atoms with van der Waals surface area (Å²) in [6.45, 7) is -0.0748. The molecule has 7 nitrogen and oxygen atoms in total. The Balaban J connectivity index is 1.97.